The molecule has 0 bridgehead atoms. The van der Waals surface area contributed by atoms with E-state index in [0.717, 1.165) is 0 Å². The number of halogens is 2. The largest absolute Gasteiger partial charge is 0.329 e. The van der Waals surface area contributed by atoms with Crippen molar-refractivity contribution >= 4 is 17.4 Å². The smallest absolute Gasteiger partial charge is 0.202 e. The van der Waals surface area contributed by atoms with E-state index in [-0.39, 0.29) is 22.8 Å². The van der Waals surface area contributed by atoms with Gasteiger partial charge in [-0.05, 0) is 18.6 Å². The number of benzene rings is 1. The Hall–Kier alpha value is -1.68. The van der Waals surface area contributed by atoms with Crippen LogP contribution >= 0.6 is 11.6 Å². The summed E-state index contributed by atoms with van der Waals surface area (Å²) in [7, 11) is 0. The predicted octanol–water partition coefficient (Wildman–Crippen LogP) is 3.12. The minimum Gasteiger partial charge on any atom is -0.329 e. The molecule has 94 valence electrons. The molecule has 0 atom stereocenters. The first-order valence-corrected chi connectivity index (χ1v) is 5.98. The molecule has 0 radical (unpaired) electrons. The minimum atomic E-state index is -0.540. The topological polar surface area (TPSA) is 34.9 Å². The van der Waals surface area contributed by atoms with Crippen molar-refractivity contribution < 1.29 is 9.18 Å². The van der Waals surface area contributed by atoms with Crippen LogP contribution in [0.15, 0.2) is 30.6 Å². The van der Waals surface area contributed by atoms with Crippen LogP contribution in [0.1, 0.15) is 23.1 Å². The molecule has 0 N–H and O–H groups in total. The van der Waals surface area contributed by atoms with Crippen molar-refractivity contribution in [1.29, 1.82) is 0 Å². The highest BCUT2D eigenvalue weighted by atomic mass is 35.5. The van der Waals surface area contributed by atoms with Crippen LogP contribution in [-0.4, -0.2) is 15.3 Å². The van der Waals surface area contributed by atoms with Gasteiger partial charge >= 0.3 is 0 Å². The first-order chi connectivity index (χ1) is 8.63. The molecule has 0 amide bonds. The van der Waals surface area contributed by atoms with Gasteiger partial charge in [0.1, 0.15) is 5.82 Å². The maximum absolute atomic E-state index is 13.7. The molecule has 1 heterocycles. The van der Waals surface area contributed by atoms with Gasteiger partial charge in [-0.3, -0.25) is 4.79 Å². The molecule has 1 aromatic heterocycles. The van der Waals surface area contributed by atoms with E-state index < -0.39 is 5.82 Å². The van der Waals surface area contributed by atoms with E-state index >= 15 is 0 Å². The first-order valence-electron chi connectivity index (χ1n) is 5.60. The van der Waals surface area contributed by atoms with E-state index in [1.807, 2.05) is 6.92 Å². The van der Waals surface area contributed by atoms with Crippen LogP contribution in [-0.2, 0) is 13.0 Å². The zero-order valence-corrected chi connectivity index (χ0v) is 10.6. The molecule has 0 fully saturated rings. The zero-order valence-electron chi connectivity index (χ0n) is 9.86. The summed E-state index contributed by atoms with van der Waals surface area (Å²) in [6.07, 6.45) is 3.25. The molecule has 0 aliphatic heterocycles. The maximum atomic E-state index is 13.7. The molecule has 2 aromatic rings. The Morgan fingerprint density at radius 3 is 3.00 bits per heavy atom. The number of nitrogens with zero attached hydrogens (tertiary/aromatic N) is 2. The number of ketones is 1. The second-order valence-electron chi connectivity index (χ2n) is 3.85. The van der Waals surface area contributed by atoms with E-state index in [0.29, 0.717) is 12.4 Å². The van der Waals surface area contributed by atoms with E-state index in [9.17, 15) is 9.18 Å². The number of aryl methyl sites for hydroxylation is 1. The van der Waals surface area contributed by atoms with Crippen molar-refractivity contribution in [3.05, 3.63) is 52.8 Å². The van der Waals surface area contributed by atoms with Gasteiger partial charge in [-0.2, -0.15) is 0 Å². The number of rotatable bonds is 4. The number of carbonyl (C=O) groups is 1. The van der Waals surface area contributed by atoms with Crippen LogP contribution in [0.25, 0.3) is 0 Å². The highest BCUT2D eigenvalue weighted by molar-refractivity contribution is 6.30. The van der Waals surface area contributed by atoms with Gasteiger partial charge in [0, 0.05) is 25.4 Å². The highest BCUT2D eigenvalue weighted by Gasteiger charge is 2.16. The quantitative estimate of drug-likeness (QED) is 0.797. The molecule has 1 aromatic carbocycles. The lowest BCUT2D eigenvalue weighted by atomic mass is 10.1. The lowest BCUT2D eigenvalue weighted by Gasteiger charge is -2.05. The normalized spacial score (nSPS) is 10.6. The fourth-order valence-corrected chi connectivity index (χ4v) is 1.95. The van der Waals surface area contributed by atoms with Crippen molar-refractivity contribution in [3.63, 3.8) is 0 Å². The third kappa shape index (κ3) is 2.43. The standard InChI is InChI=1S/C13H12ClFN2O/c1-2-17-7-6-16-13(17)11(18)8-9-4-3-5-10(14)12(9)15/h3-7H,2,8H2,1H3. The molecule has 0 spiro atoms. The van der Waals surface area contributed by atoms with E-state index in [1.165, 1.54) is 6.07 Å². The van der Waals surface area contributed by atoms with Crippen LogP contribution in [0.4, 0.5) is 4.39 Å². The molecule has 0 unspecified atom stereocenters. The Labute approximate surface area is 109 Å². The fraction of sp³-hybridized carbons (Fsp3) is 0.231. The van der Waals surface area contributed by atoms with Gasteiger partial charge in [0.25, 0.3) is 0 Å². The Bertz CT molecular complexity index is 580. The van der Waals surface area contributed by atoms with E-state index in [1.54, 1.807) is 29.1 Å². The van der Waals surface area contributed by atoms with Gasteiger partial charge in [0.2, 0.25) is 5.78 Å². The third-order valence-electron chi connectivity index (χ3n) is 2.69. The lowest BCUT2D eigenvalue weighted by molar-refractivity contribution is 0.0978. The van der Waals surface area contributed by atoms with Crippen LogP contribution in [0, 0.1) is 5.82 Å². The Balaban J connectivity index is 2.24. The second kappa shape index (κ2) is 5.31. The molecule has 0 aliphatic rings. The van der Waals surface area contributed by atoms with Gasteiger partial charge < -0.3 is 4.57 Å². The summed E-state index contributed by atoms with van der Waals surface area (Å²) < 4.78 is 15.4. The summed E-state index contributed by atoms with van der Waals surface area (Å²) in [6.45, 7) is 2.57. The third-order valence-corrected chi connectivity index (χ3v) is 2.98. The van der Waals surface area contributed by atoms with E-state index in [4.69, 9.17) is 11.6 Å². The summed E-state index contributed by atoms with van der Waals surface area (Å²) >= 11 is 5.67. The van der Waals surface area contributed by atoms with Crippen LogP contribution in [0.3, 0.4) is 0 Å². The van der Waals surface area contributed by atoms with Gasteiger partial charge in [-0.15, -0.1) is 0 Å². The number of hydrogen-bond donors (Lipinski definition) is 0. The molecule has 0 aliphatic carbocycles. The average Bonchev–Trinajstić information content (AvgIpc) is 2.83. The molecule has 0 saturated carbocycles. The summed E-state index contributed by atoms with van der Waals surface area (Å²) in [5.74, 6) is -0.415. The molecule has 0 saturated heterocycles. The van der Waals surface area contributed by atoms with Crippen LogP contribution < -0.4 is 0 Å². The molecular weight excluding hydrogens is 255 g/mol. The van der Waals surface area contributed by atoms with Crippen molar-refractivity contribution in [2.24, 2.45) is 0 Å². The average molecular weight is 267 g/mol. The molecular formula is C13H12ClFN2O. The van der Waals surface area contributed by atoms with Gasteiger partial charge in [-0.25, -0.2) is 9.37 Å². The molecule has 2 rings (SSSR count). The first kappa shape index (κ1) is 12.8. The van der Waals surface area contributed by atoms with Gasteiger partial charge in [0.15, 0.2) is 5.82 Å². The summed E-state index contributed by atoms with van der Waals surface area (Å²) in [5, 5.41) is 0.0270. The van der Waals surface area contributed by atoms with Gasteiger partial charge in [-0.1, -0.05) is 23.7 Å². The molecule has 3 nitrogen and oxygen atoms in total. The summed E-state index contributed by atoms with van der Waals surface area (Å²) in [6, 6.07) is 4.64. The Kier molecular flexibility index (Phi) is 3.77. The van der Waals surface area contributed by atoms with Crippen LogP contribution in [0.5, 0.6) is 0 Å². The number of hydrogen-bond acceptors (Lipinski definition) is 2. The highest BCUT2D eigenvalue weighted by Crippen LogP contribution is 2.19. The van der Waals surface area contributed by atoms with Crippen molar-refractivity contribution in [1.82, 2.24) is 9.55 Å². The zero-order chi connectivity index (χ0) is 13.1. The maximum Gasteiger partial charge on any atom is 0.202 e. The number of Topliss-reactive ketones (excluding diaryl/α,β-unsaturated/α-hetero) is 1. The van der Waals surface area contributed by atoms with Crippen LogP contribution in [0.2, 0.25) is 5.02 Å². The SMILES string of the molecule is CCn1ccnc1C(=O)Cc1cccc(Cl)c1F. The van der Waals surface area contributed by atoms with Gasteiger partial charge in [0.05, 0.1) is 5.02 Å². The summed E-state index contributed by atoms with van der Waals surface area (Å²) in [4.78, 5) is 16.0. The van der Waals surface area contributed by atoms with Crippen molar-refractivity contribution in [3.8, 4) is 0 Å². The van der Waals surface area contributed by atoms with Crippen molar-refractivity contribution in [2.75, 3.05) is 0 Å². The number of imidazole rings is 1. The Morgan fingerprint density at radius 2 is 2.28 bits per heavy atom. The Morgan fingerprint density at radius 1 is 1.50 bits per heavy atom. The monoisotopic (exact) mass is 266 g/mol. The molecule has 5 heteroatoms. The summed E-state index contributed by atoms with van der Waals surface area (Å²) in [5.41, 5.74) is 0.290. The molecule has 18 heavy (non-hydrogen) atoms. The second-order valence-corrected chi connectivity index (χ2v) is 4.26. The van der Waals surface area contributed by atoms with Crippen molar-refractivity contribution in [2.45, 2.75) is 19.9 Å². The number of carbonyl (C=O) groups excluding carboxylic acids is 1. The fourth-order valence-electron chi connectivity index (χ4n) is 1.75. The number of aromatic nitrogens is 2. The lowest BCUT2D eigenvalue weighted by Crippen LogP contribution is -2.12. The predicted molar refractivity (Wildman–Crippen MR) is 67.3 cm³/mol. The minimum absolute atomic E-state index is 0.0270. The van der Waals surface area contributed by atoms with E-state index in [2.05, 4.69) is 4.98 Å².